The summed E-state index contributed by atoms with van der Waals surface area (Å²) >= 11 is 0. The second-order valence-electron chi connectivity index (χ2n) is 19.3. The van der Waals surface area contributed by atoms with E-state index in [1.54, 1.807) is 24.4 Å². The molecule has 0 fully saturated rings. The fourth-order valence-corrected chi connectivity index (χ4v) is 7.89. The summed E-state index contributed by atoms with van der Waals surface area (Å²) in [7, 11) is 0. The van der Waals surface area contributed by atoms with Gasteiger partial charge in [-0.1, -0.05) is 52.9 Å². The zero-order valence-electron chi connectivity index (χ0n) is 49.9. The summed E-state index contributed by atoms with van der Waals surface area (Å²) in [6.45, 7) is 0.846. The van der Waals surface area contributed by atoms with Crippen molar-refractivity contribution >= 4 is 47.4 Å². The Bertz CT molecular complexity index is 3890. The van der Waals surface area contributed by atoms with Gasteiger partial charge in [0, 0.05) is 26.8 Å². The van der Waals surface area contributed by atoms with Crippen molar-refractivity contribution in [2.45, 2.75) is 77.7 Å². The van der Waals surface area contributed by atoms with E-state index in [9.17, 15) is 78.1 Å². The number of esters is 3. The van der Waals surface area contributed by atoms with Crippen LogP contribution in [0.1, 0.15) is 73.3 Å². The summed E-state index contributed by atoms with van der Waals surface area (Å²) in [5.41, 5.74) is 1.94. The molecule has 46 heteroatoms. The number of hydrogen-bond acceptors (Lipinski definition) is 30. The quantitative estimate of drug-likeness (QED) is 0.0282. The van der Waals surface area contributed by atoms with Gasteiger partial charge in [0.25, 0.3) is 5.69 Å². The van der Waals surface area contributed by atoms with Crippen molar-refractivity contribution in [2.75, 3.05) is 53.1 Å². The van der Waals surface area contributed by atoms with Crippen molar-refractivity contribution < 1.29 is 76.2 Å². The number of rotatable bonds is 31. The molecule has 1 N–H and O–H groups in total. The fraction of sp³-hybridized carbons (Fsp3) is 0.408. The lowest BCUT2D eigenvalue weighted by Crippen LogP contribution is -2.23. The van der Waals surface area contributed by atoms with Gasteiger partial charge in [-0.15, -0.1) is 20.4 Å². The molecule has 0 saturated carbocycles. The average molecular weight is 1340 g/mol. The topological polar surface area (TPSA) is 518 Å². The molecule has 0 saturated heterocycles. The summed E-state index contributed by atoms with van der Waals surface area (Å²) in [5, 5.41) is 93.9. The van der Waals surface area contributed by atoms with Crippen LogP contribution in [0, 0.1) is 50.6 Å². The summed E-state index contributed by atoms with van der Waals surface area (Å²) in [6, 6.07) is 3.26. The smallest absolute Gasteiger partial charge is 0.434 e. The number of nitrogens with zero attached hydrogens (tertiary/aromatic N) is 25. The van der Waals surface area contributed by atoms with Crippen molar-refractivity contribution in [2.24, 2.45) is 0 Å². The molecule has 4 unspecified atom stereocenters. The van der Waals surface area contributed by atoms with Gasteiger partial charge in [-0.25, -0.2) is 50.2 Å². The first-order valence-corrected chi connectivity index (χ1v) is 27.3. The molecule has 0 aliphatic heterocycles. The second-order valence-corrected chi connectivity index (χ2v) is 19.3. The van der Waals surface area contributed by atoms with E-state index in [0.29, 0.717) is 28.3 Å². The van der Waals surface area contributed by atoms with E-state index in [4.69, 9.17) is 24.1 Å². The Kier molecular flexibility index (Phi) is 26.7. The third kappa shape index (κ3) is 21.4. The van der Waals surface area contributed by atoms with Gasteiger partial charge in [0.2, 0.25) is 0 Å². The Morgan fingerprint density at radius 1 is 0.463 bits per heavy atom. The fourth-order valence-electron chi connectivity index (χ4n) is 7.89. The average Bonchev–Trinajstić information content (AvgIpc) is 1.77. The molecule has 0 aliphatic rings. The highest BCUT2D eigenvalue weighted by Gasteiger charge is 2.24. The van der Waals surface area contributed by atoms with Crippen LogP contribution in [0.5, 0.6) is 0 Å². The van der Waals surface area contributed by atoms with Gasteiger partial charge in [0.05, 0.1) is 55.1 Å². The SMILES string of the molecule is CC(=O)OCC(COCc1ccccc1[N+](=O)[O-])n1cc(Cn2ccnc2[N+](=O)[O-])nn1.CC(=O)OCC(C[18F])n1cc(Cn2ccnc2[N+](=O)[O-])nn1.CC(=O)OCC(C[18F])n1cc(Cn2ccnc2[N+](=O)[O-])nn1.O=[N+]([O-])c1nccn1Cc1cn(C(CO)C[18F])nn1. The molecule has 506 valence electrons. The molecule has 9 aromatic rings. The minimum absolute atomic E-state index is 0.0212. The van der Waals surface area contributed by atoms with Crippen LogP contribution in [0.3, 0.4) is 0 Å². The Morgan fingerprint density at radius 2 is 0.768 bits per heavy atom. The van der Waals surface area contributed by atoms with E-state index in [1.807, 2.05) is 0 Å². The molecule has 4 atom stereocenters. The summed E-state index contributed by atoms with van der Waals surface area (Å²) in [6.07, 6.45) is 16.8. The lowest BCUT2D eigenvalue weighted by atomic mass is 10.2. The third-order valence-corrected chi connectivity index (χ3v) is 12.4. The van der Waals surface area contributed by atoms with Crippen molar-refractivity contribution in [3.05, 3.63) is 178 Å². The molecule has 0 radical (unpaired) electrons. The van der Waals surface area contributed by atoms with Crippen LogP contribution in [0.2, 0.25) is 0 Å². The number of aliphatic hydroxyl groups excluding tert-OH is 1. The number of imidazole rings is 4. The molecule has 43 nitrogen and oxygen atoms in total. The number of carbonyl (C=O) groups is 3. The number of hydrogen-bond donors (Lipinski definition) is 1. The van der Waals surface area contributed by atoms with Crippen molar-refractivity contribution in [1.29, 1.82) is 0 Å². The summed E-state index contributed by atoms with van der Waals surface area (Å²) in [4.78, 5) is 98.7. The lowest BCUT2D eigenvalue weighted by Gasteiger charge is -2.16. The lowest BCUT2D eigenvalue weighted by molar-refractivity contribution is -0.396. The Hall–Kier alpha value is -12.3. The number of nitro groups is 5. The monoisotopic (exact) mass is 1340 g/mol. The first-order valence-electron chi connectivity index (χ1n) is 27.3. The van der Waals surface area contributed by atoms with Gasteiger partial charge >= 0.3 is 41.7 Å². The van der Waals surface area contributed by atoms with E-state index < -0.39 is 93.3 Å². The molecule has 8 aromatic heterocycles. The van der Waals surface area contributed by atoms with Crippen LogP contribution in [0.25, 0.3) is 0 Å². The number of carbonyl (C=O) groups excluding carboxylic acids is 3. The van der Waals surface area contributed by atoms with Crippen LogP contribution in [-0.2, 0) is 66.1 Å². The highest BCUT2D eigenvalue weighted by atomic mass is 18.2. The Morgan fingerprint density at radius 3 is 1.06 bits per heavy atom. The van der Waals surface area contributed by atoms with Crippen LogP contribution >= 0.6 is 0 Å². The number of alkyl halides is 3. The number of nitro benzene ring substituents is 1. The molecule has 1 aromatic carbocycles. The molecular formula is C49H56F3N25O18. The molecule has 9 rings (SSSR count). The molecule has 8 heterocycles. The largest absolute Gasteiger partial charge is 0.463 e. The van der Waals surface area contributed by atoms with Gasteiger partial charge in [0.15, 0.2) is 0 Å². The number of aliphatic hydroxyl groups is 1. The number of aromatic nitrogens is 20. The first-order chi connectivity index (χ1) is 45.5. The minimum Gasteiger partial charge on any atom is -0.463 e. The molecular weight excluding hydrogens is 1280 g/mol. The van der Waals surface area contributed by atoms with Crippen molar-refractivity contribution in [1.82, 2.24) is 98.2 Å². The maximum absolute atomic E-state index is 13.0. The van der Waals surface area contributed by atoms with Gasteiger partial charge in [-0.2, -0.15) is 0 Å². The first kappa shape index (κ1) is 71.8. The Balaban J connectivity index is 0.000000205. The van der Waals surface area contributed by atoms with E-state index >= 15 is 0 Å². The van der Waals surface area contributed by atoms with Crippen LogP contribution in [0.4, 0.5) is 42.7 Å². The van der Waals surface area contributed by atoms with E-state index in [-0.39, 0.29) is 88.7 Å². The number of ether oxygens (including phenoxy) is 4. The normalized spacial score (nSPS) is 12.1. The van der Waals surface area contributed by atoms with Gasteiger partial charge in [-0.3, -0.25) is 24.5 Å². The summed E-state index contributed by atoms with van der Waals surface area (Å²) < 4.78 is 68.9. The van der Waals surface area contributed by atoms with E-state index in [0.717, 1.165) is 0 Å². The molecule has 0 amide bonds. The van der Waals surface area contributed by atoms with Gasteiger partial charge in [-0.05, 0) is 25.8 Å². The summed E-state index contributed by atoms with van der Waals surface area (Å²) in [5.74, 6) is -2.82. The maximum Gasteiger partial charge on any atom is 0.434 e. The van der Waals surface area contributed by atoms with Crippen molar-refractivity contribution in [3.8, 4) is 0 Å². The van der Waals surface area contributed by atoms with Crippen molar-refractivity contribution in [3.63, 3.8) is 0 Å². The highest BCUT2D eigenvalue weighted by molar-refractivity contribution is 5.66. The van der Waals surface area contributed by atoms with E-state index in [2.05, 4.69) is 61.2 Å². The number of para-hydroxylation sites is 1. The van der Waals surface area contributed by atoms with Crippen LogP contribution in [0.15, 0.2) is 98.6 Å². The number of halogens is 3. The minimum atomic E-state index is -0.793. The van der Waals surface area contributed by atoms with Crippen LogP contribution < -0.4 is 0 Å². The zero-order valence-corrected chi connectivity index (χ0v) is 49.9. The molecule has 0 spiro atoms. The predicted molar refractivity (Wildman–Crippen MR) is 306 cm³/mol. The zero-order chi connectivity index (χ0) is 69.1. The maximum atomic E-state index is 13.0. The molecule has 95 heavy (non-hydrogen) atoms. The predicted octanol–water partition coefficient (Wildman–Crippen LogP) is 2.60. The third-order valence-electron chi connectivity index (χ3n) is 12.4. The van der Waals surface area contributed by atoms with Gasteiger partial charge in [0.1, 0.15) is 163 Å². The standard InChI is InChI=1S/C18H19N7O7.2C11H13FN6O4.C9H11FN6O3/c1-13(26)32-12-16(11-31-10-14-4-2-3-5-17(14)24(27)28)23-9-15(20-21-23)8-22-7-6-19-18(22)25(29)30;2*1-8(19)22-7-10(4-12)17-6-9(14-15-17)5-16-3-2-13-11(16)18(20)21;10-3-8(6-17)15-5-7(12-13-15)4-14-2-1-11-9(14)16(18)19/h2-7,9,16H,8,10-12H2,1H3;2*2-3,6,10H,4-5,7H2,1H3;1-2,5,8,17H,3-4,6H2/i;2*12-1;10-1. The molecule has 0 aliphatic carbocycles. The number of benzene rings is 1. The molecule has 0 bridgehead atoms. The van der Waals surface area contributed by atoms with Gasteiger partial charge < -0.3 is 64.5 Å². The van der Waals surface area contributed by atoms with Crippen LogP contribution in [-0.4, -0.2) is 199 Å². The van der Waals surface area contributed by atoms with E-state index in [1.165, 1.54) is 132 Å². The second kappa shape index (κ2) is 35.4. The Labute approximate surface area is 529 Å². The highest BCUT2D eigenvalue weighted by Crippen LogP contribution is 2.21.